The lowest BCUT2D eigenvalue weighted by Crippen LogP contribution is -2.06. The lowest BCUT2D eigenvalue weighted by atomic mass is 9.97. The van der Waals surface area contributed by atoms with Crippen molar-refractivity contribution in [3.05, 3.63) is 188 Å². The van der Waals surface area contributed by atoms with Gasteiger partial charge in [-0.3, -0.25) is 9.59 Å². The van der Waals surface area contributed by atoms with Crippen LogP contribution in [0.1, 0.15) is 59.7 Å². The lowest BCUT2D eigenvalue weighted by Gasteiger charge is -2.14. The maximum atomic E-state index is 12.9. The van der Waals surface area contributed by atoms with Gasteiger partial charge in [0.15, 0.2) is 34.6 Å². The Balaban J connectivity index is 0.000000204. The summed E-state index contributed by atoms with van der Waals surface area (Å²) in [5.74, 6) is 1.67. The highest BCUT2D eigenvalue weighted by atomic mass is 79.9. The first-order valence-electron chi connectivity index (χ1n) is 16.8. The maximum absolute atomic E-state index is 12.9. The zero-order valence-corrected chi connectivity index (χ0v) is 31.5. The van der Waals surface area contributed by atoms with Gasteiger partial charge < -0.3 is 18.9 Å². The van der Waals surface area contributed by atoms with Crippen molar-refractivity contribution in [1.29, 1.82) is 5.26 Å². The van der Waals surface area contributed by atoms with E-state index in [9.17, 15) is 14.9 Å². The van der Waals surface area contributed by atoms with Crippen LogP contribution in [0.15, 0.2) is 138 Å². The molecule has 6 aromatic rings. The van der Waals surface area contributed by atoms with Gasteiger partial charge in [0.2, 0.25) is 0 Å². The Kier molecular flexibility index (Phi) is 13.2. The Labute approximate surface area is 318 Å². The van der Waals surface area contributed by atoms with Gasteiger partial charge in [-0.2, -0.15) is 5.26 Å². The van der Waals surface area contributed by atoms with Crippen LogP contribution in [-0.2, 0) is 13.2 Å². The minimum atomic E-state index is -0.223. The first kappa shape index (κ1) is 38.1. The molecule has 0 atom stereocenters. The Morgan fingerprint density at radius 3 is 1.42 bits per heavy atom. The van der Waals surface area contributed by atoms with Crippen LogP contribution in [0.4, 0.5) is 0 Å². The number of hydrogen-bond acceptors (Lipinski definition) is 7. The average molecular weight is 769 g/mol. The van der Waals surface area contributed by atoms with Gasteiger partial charge in [0, 0.05) is 32.8 Å². The van der Waals surface area contributed by atoms with Gasteiger partial charge in [-0.1, -0.05) is 120 Å². The minimum Gasteiger partial charge on any atom is -0.493 e. The summed E-state index contributed by atoms with van der Waals surface area (Å²) in [6.07, 6.45) is 0. The van der Waals surface area contributed by atoms with Crippen molar-refractivity contribution in [3.63, 3.8) is 0 Å². The van der Waals surface area contributed by atoms with Gasteiger partial charge in [-0.15, -0.1) is 0 Å². The van der Waals surface area contributed by atoms with E-state index < -0.39 is 0 Å². The fourth-order valence-corrected chi connectivity index (χ4v) is 5.79. The summed E-state index contributed by atoms with van der Waals surface area (Å²) in [6.45, 7) is 4.68. The van der Waals surface area contributed by atoms with Crippen LogP contribution in [0.5, 0.6) is 23.0 Å². The molecule has 6 aromatic carbocycles. The highest BCUT2D eigenvalue weighted by Gasteiger charge is 2.20. The van der Waals surface area contributed by atoms with E-state index in [-0.39, 0.29) is 17.1 Å². The molecule has 0 aliphatic carbocycles. The molecule has 6 rings (SSSR count). The number of benzene rings is 6. The molecule has 0 aliphatic rings. The summed E-state index contributed by atoms with van der Waals surface area (Å²) in [4.78, 5) is 25.8. The third-order valence-corrected chi connectivity index (χ3v) is 8.92. The molecule has 266 valence electrons. The second kappa shape index (κ2) is 18.4. The van der Waals surface area contributed by atoms with Crippen molar-refractivity contribution >= 4 is 27.5 Å². The second-order valence-electron chi connectivity index (χ2n) is 12.1. The number of methoxy groups -OCH3 is 2. The van der Waals surface area contributed by atoms with Crippen LogP contribution in [0.25, 0.3) is 0 Å². The Morgan fingerprint density at radius 1 is 0.566 bits per heavy atom. The molecule has 0 spiro atoms. The fourth-order valence-electron chi connectivity index (χ4n) is 5.29. The SMILES string of the molecule is COc1cc(Br)c(C(=O)c2ccc(C)cc2)cc1OCc1ccccc1.COc1cc(C#N)c(C(=O)c2ccc(C)cc2)cc1OCc1ccccc1. The summed E-state index contributed by atoms with van der Waals surface area (Å²) in [6, 6.07) is 43.0. The van der Waals surface area contributed by atoms with Crippen LogP contribution >= 0.6 is 15.9 Å². The van der Waals surface area contributed by atoms with Crippen LogP contribution < -0.4 is 18.9 Å². The van der Waals surface area contributed by atoms with Gasteiger partial charge in [-0.25, -0.2) is 0 Å². The van der Waals surface area contributed by atoms with Gasteiger partial charge >= 0.3 is 0 Å². The molecule has 53 heavy (non-hydrogen) atoms. The third-order valence-electron chi connectivity index (χ3n) is 8.27. The average Bonchev–Trinajstić information content (AvgIpc) is 3.20. The largest absolute Gasteiger partial charge is 0.493 e. The molecule has 0 aromatic heterocycles. The molecule has 0 amide bonds. The van der Waals surface area contributed by atoms with E-state index in [2.05, 4.69) is 22.0 Å². The first-order valence-corrected chi connectivity index (χ1v) is 17.6. The number of halogens is 1. The van der Waals surface area contributed by atoms with E-state index in [0.29, 0.717) is 62.9 Å². The molecule has 0 heterocycles. The van der Waals surface area contributed by atoms with Gasteiger partial charge in [0.1, 0.15) is 19.3 Å². The van der Waals surface area contributed by atoms with Crippen molar-refractivity contribution in [2.75, 3.05) is 14.2 Å². The predicted molar refractivity (Wildman–Crippen MR) is 209 cm³/mol. The molecule has 0 unspecified atom stereocenters. The first-order chi connectivity index (χ1) is 25.7. The molecule has 0 bridgehead atoms. The quantitative estimate of drug-likeness (QED) is 0.114. The molecule has 0 radical (unpaired) electrons. The normalized spacial score (nSPS) is 10.3. The summed E-state index contributed by atoms with van der Waals surface area (Å²) >= 11 is 3.47. The van der Waals surface area contributed by atoms with Crippen molar-refractivity contribution in [2.24, 2.45) is 0 Å². The van der Waals surface area contributed by atoms with Crippen LogP contribution in [0.3, 0.4) is 0 Å². The van der Waals surface area contributed by atoms with Crippen LogP contribution in [-0.4, -0.2) is 25.8 Å². The third kappa shape index (κ3) is 10.0. The monoisotopic (exact) mass is 767 g/mol. The minimum absolute atomic E-state index is 0.0657. The smallest absolute Gasteiger partial charge is 0.194 e. The van der Waals surface area contributed by atoms with E-state index >= 15 is 0 Å². The molecule has 0 aliphatic heterocycles. The molecular weight excluding hydrogens is 730 g/mol. The fraction of sp³-hybridized carbons (Fsp3) is 0.133. The van der Waals surface area contributed by atoms with Crippen molar-refractivity contribution < 1.29 is 28.5 Å². The molecule has 7 nitrogen and oxygen atoms in total. The number of nitriles is 1. The summed E-state index contributed by atoms with van der Waals surface area (Å²) in [7, 11) is 3.09. The molecule has 8 heteroatoms. The summed E-state index contributed by atoms with van der Waals surface area (Å²) in [5, 5.41) is 9.48. The standard InChI is InChI=1S/C23H19NO3.C22H19BrO3/c1-16-8-10-18(11-9-16)23(25)20-13-22(21(26-2)12-19(20)14-24)27-15-17-6-4-3-5-7-17;1-15-8-10-17(11-9-15)22(24)18-12-21(20(25-2)13-19(18)23)26-14-16-6-4-3-5-7-16/h3-13H,15H2,1-2H3;3-13H,14H2,1-2H3. The number of nitrogens with zero attached hydrogens (tertiary/aromatic N) is 1. The molecule has 0 saturated carbocycles. The molecule has 0 saturated heterocycles. The van der Waals surface area contributed by atoms with Gasteiger partial charge in [0.25, 0.3) is 0 Å². The summed E-state index contributed by atoms with van der Waals surface area (Å²) in [5.41, 5.74) is 6.47. The molecule has 0 N–H and O–H groups in total. The van der Waals surface area contributed by atoms with E-state index in [1.54, 1.807) is 43.5 Å². The van der Waals surface area contributed by atoms with Crippen molar-refractivity contribution in [2.45, 2.75) is 27.1 Å². The number of aryl methyl sites for hydroxylation is 2. The Hall–Kier alpha value is -6.17. The molecular formula is C45H38BrNO6. The van der Waals surface area contributed by atoms with Gasteiger partial charge in [-0.05, 0) is 59.1 Å². The number of hydrogen-bond donors (Lipinski definition) is 0. The van der Waals surface area contributed by atoms with E-state index in [1.807, 2.05) is 111 Å². The lowest BCUT2D eigenvalue weighted by molar-refractivity contribution is 0.103. The van der Waals surface area contributed by atoms with Crippen LogP contribution in [0, 0.1) is 25.2 Å². The van der Waals surface area contributed by atoms with E-state index in [1.165, 1.54) is 7.11 Å². The van der Waals surface area contributed by atoms with Gasteiger partial charge in [0.05, 0.1) is 19.8 Å². The number of rotatable bonds is 12. The number of ether oxygens (including phenoxy) is 4. The highest BCUT2D eigenvalue weighted by Crippen LogP contribution is 2.35. The number of carbonyl (C=O) groups is 2. The Bertz CT molecular complexity index is 2210. The van der Waals surface area contributed by atoms with Crippen LogP contribution in [0.2, 0.25) is 0 Å². The Morgan fingerprint density at radius 2 is 0.981 bits per heavy atom. The number of ketones is 2. The summed E-state index contributed by atoms with van der Waals surface area (Å²) < 4.78 is 23.2. The maximum Gasteiger partial charge on any atom is 0.194 e. The number of carbonyl (C=O) groups excluding carboxylic acids is 2. The van der Waals surface area contributed by atoms with E-state index in [4.69, 9.17) is 18.9 Å². The second-order valence-corrected chi connectivity index (χ2v) is 12.9. The molecule has 0 fully saturated rings. The zero-order chi connectivity index (χ0) is 37.7. The topological polar surface area (TPSA) is 94.9 Å². The van der Waals surface area contributed by atoms with E-state index in [0.717, 1.165) is 22.3 Å². The predicted octanol–water partition coefficient (Wildman–Crippen LogP) is 10.3. The van der Waals surface area contributed by atoms with Crippen molar-refractivity contribution in [1.82, 2.24) is 0 Å². The van der Waals surface area contributed by atoms with Crippen molar-refractivity contribution in [3.8, 4) is 29.1 Å². The zero-order valence-electron chi connectivity index (χ0n) is 29.9. The highest BCUT2D eigenvalue weighted by molar-refractivity contribution is 9.10.